The van der Waals surface area contributed by atoms with E-state index < -0.39 is 0 Å². The molecule has 0 fully saturated rings. The van der Waals surface area contributed by atoms with Crippen molar-refractivity contribution in [2.45, 2.75) is 32.9 Å². The number of aliphatic hydroxyl groups is 1. The summed E-state index contributed by atoms with van der Waals surface area (Å²) in [4.78, 5) is 0. The first kappa shape index (κ1) is 7.80. The Hall–Kier alpha value is -0.830. The highest BCUT2D eigenvalue weighted by Crippen LogP contribution is 2.19. The number of aromatic nitrogens is 2. The zero-order chi connectivity index (χ0) is 8.55. The van der Waals surface area contributed by atoms with E-state index in [0.29, 0.717) is 0 Å². The Morgan fingerprint density at radius 3 is 3.33 bits per heavy atom. The van der Waals surface area contributed by atoms with Gasteiger partial charge in [-0.05, 0) is 24.8 Å². The molecule has 1 N–H and O–H groups in total. The lowest BCUT2D eigenvalue weighted by molar-refractivity contribution is 0.273. The molecule has 3 heteroatoms. The summed E-state index contributed by atoms with van der Waals surface area (Å²) in [5.41, 5.74) is 2.08. The predicted molar refractivity (Wildman–Crippen MR) is 45.6 cm³/mol. The fourth-order valence-corrected chi connectivity index (χ4v) is 1.73. The van der Waals surface area contributed by atoms with Crippen LogP contribution in [0.5, 0.6) is 0 Å². The second-order valence-electron chi connectivity index (χ2n) is 3.61. The number of nitrogens with zero attached hydrogens (tertiary/aromatic N) is 2. The molecule has 1 unspecified atom stereocenters. The average molecular weight is 166 g/mol. The molecule has 1 aliphatic heterocycles. The van der Waals surface area contributed by atoms with E-state index in [4.69, 9.17) is 5.11 Å². The van der Waals surface area contributed by atoms with E-state index >= 15 is 0 Å². The summed E-state index contributed by atoms with van der Waals surface area (Å²) in [5.74, 6) is 0.726. The Balaban J connectivity index is 2.28. The predicted octanol–water partition coefficient (Wildman–Crippen LogP) is 0.958. The molecule has 1 aromatic rings. The average Bonchev–Trinajstić information content (AvgIpc) is 2.46. The molecule has 2 rings (SSSR count). The van der Waals surface area contributed by atoms with Gasteiger partial charge in [-0.25, -0.2) is 0 Å². The van der Waals surface area contributed by atoms with Gasteiger partial charge in [0.2, 0.25) is 0 Å². The largest absolute Gasteiger partial charge is 0.390 e. The topological polar surface area (TPSA) is 38.1 Å². The maximum Gasteiger partial charge on any atom is 0.0881 e. The van der Waals surface area contributed by atoms with Gasteiger partial charge in [0.1, 0.15) is 0 Å². The fourth-order valence-electron chi connectivity index (χ4n) is 1.73. The van der Waals surface area contributed by atoms with Gasteiger partial charge in [0.05, 0.1) is 12.3 Å². The van der Waals surface area contributed by atoms with E-state index in [1.54, 1.807) is 0 Å². The summed E-state index contributed by atoms with van der Waals surface area (Å²) in [7, 11) is 0. The summed E-state index contributed by atoms with van der Waals surface area (Å²) in [6.45, 7) is 3.31. The van der Waals surface area contributed by atoms with Crippen molar-refractivity contribution >= 4 is 0 Å². The van der Waals surface area contributed by atoms with Crippen molar-refractivity contribution in [2.75, 3.05) is 0 Å². The molecule has 3 nitrogen and oxygen atoms in total. The zero-order valence-electron chi connectivity index (χ0n) is 7.32. The number of fused-ring (bicyclic) bond motifs is 1. The first-order chi connectivity index (χ1) is 5.79. The van der Waals surface area contributed by atoms with Gasteiger partial charge in [-0.3, -0.25) is 4.68 Å². The van der Waals surface area contributed by atoms with Gasteiger partial charge < -0.3 is 5.11 Å². The maximum atomic E-state index is 8.88. The summed E-state index contributed by atoms with van der Waals surface area (Å²) < 4.78 is 2.03. The third-order valence-corrected chi connectivity index (χ3v) is 2.45. The van der Waals surface area contributed by atoms with E-state index in [-0.39, 0.29) is 6.61 Å². The molecule has 1 atom stereocenters. The van der Waals surface area contributed by atoms with E-state index in [0.717, 1.165) is 24.6 Å². The molecule has 0 amide bonds. The zero-order valence-corrected chi connectivity index (χ0v) is 7.32. The molecule has 0 saturated carbocycles. The van der Waals surface area contributed by atoms with Gasteiger partial charge in [-0.2, -0.15) is 5.10 Å². The maximum absolute atomic E-state index is 8.88. The summed E-state index contributed by atoms with van der Waals surface area (Å²) >= 11 is 0. The fraction of sp³-hybridized carbons (Fsp3) is 0.667. The van der Waals surface area contributed by atoms with Gasteiger partial charge in [-0.15, -0.1) is 0 Å². The minimum atomic E-state index is 0.0639. The van der Waals surface area contributed by atoms with Crippen LogP contribution >= 0.6 is 0 Å². The molecular formula is C9H14N2O. The van der Waals surface area contributed by atoms with Crippen LogP contribution in [0, 0.1) is 5.92 Å². The smallest absolute Gasteiger partial charge is 0.0881 e. The van der Waals surface area contributed by atoms with Crippen LogP contribution in [0.2, 0.25) is 0 Å². The van der Waals surface area contributed by atoms with Crippen molar-refractivity contribution in [3.05, 3.63) is 17.5 Å². The first-order valence-corrected chi connectivity index (χ1v) is 4.46. The molecule has 0 bridgehead atoms. The normalized spacial score (nSPS) is 22.3. The van der Waals surface area contributed by atoms with Crippen molar-refractivity contribution in [3.63, 3.8) is 0 Å². The third kappa shape index (κ3) is 1.25. The molecule has 66 valence electrons. The number of rotatable bonds is 1. The molecule has 0 radical (unpaired) electrons. The molecule has 0 aliphatic carbocycles. The SMILES string of the molecule is CC1CCc2cc(CO)nn2C1. The Morgan fingerprint density at radius 1 is 1.75 bits per heavy atom. The summed E-state index contributed by atoms with van der Waals surface area (Å²) in [6, 6.07) is 2.01. The summed E-state index contributed by atoms with van der Waals surface area (Å²) in [6.07, 6.45) is 2.35. The van der Waals surface area contributed by atoms with Crippen LogP contribution in [0.25, 0.3) is 0 Å². The molecular weight excluding hydrogens is 152 g/mol. The minimum absolute atomic E-state index is 0.0639. The van der Waals surface area contributed by atoms with E-state index in [9.17, 15) is 0 Å². The van der Waals surface area contributed by atoms with E-state index in [2.05, 4.69) is 12.0 Å². The van der Waals surface area contributed by atoms with Gasteiger partial charge in [0.25, 0.3) is 0 Å². The van der Waals surface area contributed by atoms with Crippen LogP contribution < -0.4 is 0 Å². The Labute approximate surface area is 72.0 Å². The highest BCUT2D eigenvalue weighted by Gasteiger charge is 2.16. The molecule has 0 spiro atoms. The lowest BCUT2D eigenvalue weighted by atomic mass is 10.0. The minimum Gasteiger partial charge on any atom is -0.390 e. The van der Waals surface area contributed by atoms with Gasteiger partial charge in [-0.1, -0.05) is 6.92 Å². The van der Waals surface area contributed by atoms with Crippen LogP contribution in [0.4, 0.5) is 0 Å². The number of aliphatic hydroxyl groups excluding tert-OH is 1. The number of hydrogen-bond donors (Lipinski definition) is 1. The quantitative estimate of drug-likeness (QED) is 0.674. The van der Waals surface area contributed by atoms with Crippen LogP contribution in [0.1, 0.15) is 24.7 Å². The van der Waals surface area contributed by atoms with Crippen molar-refractivity contribution in [2.24, 2.45) is 5.92 Å². The van der Waals surface area contributed by atoms with Crippen molar-refractivity contribution < 1.29 is 5.11 Å². The second-order valence-corrected chi connectivity index (χ2v) is 3.61. The van der Waals surface area contributed by atoms with Gasteiger partial charge >= 0.3 is 0 Å². The van der Waals surface area contributed by atoms with E-state index in [1.165, 1.54) is 12.1 Å². The monoisotopic (exact) mass is 166 g/mol. The molecule has 12 heavy (non-hydrogen) atoms. The van der Waals surface area contributed by atoms with Crippen molar-refractivity contribution in [1.29, 1.82) is 0 Å². The van der Waals surface area contributed by atoms with Crippen molar-refractivity contribution in [3.8, 4) is 0 Å². The standard InChI is InChI=1S/C9H14N2O/c1-7-2-3-9-4-8(6-12)10-11(9)5-7/h4,7,12H,2-3,5-6H2,1H3. The van der Waals surface area contributed by atoms with Gasteiger partial charge in [0, 0.05) is 12.2 Å². The third-order valence-electron chi connectivity index (χ3n) is 2.45. The Bertz CT molecular complexity index is 280. The van der Waals surface area contributed by atoms with Crippen LogP contribution in [0.15, 0.2) is 6.07 Å². The highest BCUT2D eigenvalue weighted by atomic mass is 16.3. The molecule has 0 aromatic carbocycles. The highest BCUT2D eigenvalue weighted by molar-refractivity contribution is 5.11. The Kier molecular flexibility index (Phi) is 1.89. The Morgan fingerprint density at radius 2 is 2.58 bits per heavy atom. The number of hydrogen-bond acceptors (Lipinski definition) is 2. The lowest BCUT2D eigenvalue weighted by Crippen LogP contribution is -2.18. The molecule has 1 aromatic heterocycles. The molecule has 2 heterocycles. The van der Waals surface area contributed by atoms with Crippen LogP contribution in [-0.2, 0) is 19.6 Å². The van der Waals surface area contributed by atoms with Crippen molar-refractivity contribution in [1.82, 2.24) is 9.78 Å². The van der Waals surface area contributed by atoms with Crippen LogP contribution in [0.3, 0.4) is 0 Å². The second kappa shape index (κ2) is 2.90. The van der Waals surface area contributed by atoms with E-state index in [1.807, 2.05) is 10.7 Å². The van der Waals surface area contributed by atoms with Crippen LogP contribution in [-0.4, -0.2) is 14.9 Å². The molecule has 1 aliphatic rings. The first-order valence-electron chi connectivity index (χ1n) is 4.46. The molecule has 0 saturated heterocycles. The summed E-state index contributed by atoms with van der Waals surface area (Å²) in [5, 5.41) is 13.2. The lowest BCUT2D eigenvalue weighted by Gasteiger charge is -2.19. The number of aryl methyl sites for hydroxylation is 1. The van der Waals surface area contributed by atoms with Gasteiger partial charge in [0.15, 0.2) is 0 Å².